The minimum Gasteiger partial charge on any atom is -0.380 e. The van der Waals surface area contributed by atoms with E-state index in [-0.39, 0.29) is 0 Å². The van der Waals surface area contributed by atoms with Gasteiger partial charge in [0.25, 0.3) is 0 Å². The molecule has 0 saturated carbocycles. The Hall–Kier alpha value is -1.35. The molecular weight excluding hydrogens is 192 g/mol. The fourth-order valence-corrected chi connectivity index (χ4v) is 2.06. The topological polar surface area (TPSA) is 24.9 Å². The Kier molecular flexibility index (Phi) is 2.79. The van der Waals surface area contributed by atoms with Crippen molar-refractivity contribution in [3.05, 3.63) is 46.4 Å². The van der Waals surface area contributed by atoms with Gasteiger partial charge in [-0.1, -0.05) is 0 Å². The summed E-state index contributed by atoms with van der Waals surface area (Å²) in [6.07, 6.45) is 3.59. The van der Waals surface area contributed by atoms with E-state index < -0.39 is 0 Å². The Morgan fingerprint density at radius 3 is 2.79 bits per heavy atom. The molecule has 0 aliphatic carbocycles. The van der Waals surface area contributed by atoms with Crippen molar-refractivity contribution < 1.29 is 0 Å². The maximum absolute atomic E-state index is 3.97. The molecule has 0 fully saturated rings. The lowest BCUT2D eigenvalue weighted by atomic mass is 10.3. The quantitative estimate of drug-likeness (QED) is 0.831. The van der Waals surface area contributed by atoms with Gasteiger partial charge in [-0.25, -0.2) is 0 Å². The Balaban J connectivity index is 1.95. The lowest BCUT2D eigenvalue weighted by molar-refractivity contribution is 1.18. The summed E-state index contributed by atoms with van der Waals surface area (Å²) in [6, 6.07) is 6.15. The van der Waals surface area contributed by atoms with Crippen molar-refractivity contribution in [3.8, 4) is 0 Å². The van der Waals surface area contributed by atoms with Crippen LogP contribution < -0.4 is 5.32 Å². The Morgan fingerprint density at radius 2 is 2.14 bits per heavy atom. The van der Waals surface area contributed by atoms with Crippen LogP contribution in [0.2, 0.25) is 0 Å². The molecule has 0 radical (unpaired) electrons. The number of hydrogen-bond acceptors (Lipinski definition) is 3. The van der Waals surface area contributed by atoms with E-state index in [0.717, 1.165) is 12.2 Å². The van der Waals surface area contributed by atoms with Crippen LogP contribution in [0.15, 0.2) is 36.0 Å². The zero-order valence-corrected chi connectivity index (χ0v) is 8.84. The van der Waals surface area contributed by atoms with Gasteiger partial charge in [0, 0.05) is 29.5 Å². The zero-order valence-electron chi connectivity index (χ0n) is 8.03. The number of aryl methyl sites for hydroxylation is 1. The van der Waals surface area contributed by atoms with Crippen LogP contribution in [0.5, 0.6) is 0 Å². The van der Waals surface area contributed by atoms with E-state index in [1.807, 2.05) is 12.1 Å². The molecule has 2 heterocycles. The van der Waals surface area contributed by atoms with Crippen LogP contribution in [-0.2, 0) is 6.54 Å². The van der Waals surface area contributed by atoms with Gasteiger partial charge in [0.05, 0.1) is 0 Å². The van der Waals surface area contributed by atoms with Crippen LogP contribution in [0.25, 0.3) is 0 Å². The maximum atomic E-state index is 3.97. The summed E-state index contributed by atoms with van der Waals surface area (Å²) in [7, 11) is 0. The van der Waals surface area contributed by atoms with Crippen LogP contribution >= 0.6 is 11.3 Å². The highest BCUT2D eigenvalue weighted by Gasteiger charge is 1.95. The number of pyridine rings is 1. The zero-order chi connectivity index (χ0) is 9.80. The Bertz CT molecular complexity index is 395. The normalized spacial score (nSPS) is 10.1. The van der Waals surface area contributed by atoms with Gasteiger partial charge in [-0.15, -0.1) is 11.3 Å². The first-order chi connectivity index (χ1) is 6.84. The monoisotopic (exact) mass is 204 g/mol. The number of nitrogens with zero attached hydrogens (tertiary/aromatic N) is 1. The molecule has 0 aliphatic heterocycles. The molecule has 3 heteroatoms. The van der Waals surface area contributed by atoms with E-state index >= 15 is 0 Å². The molecule has 0 amide bonds. The summed E-state index contributed by atoms with van der Waals surface area (Å²) in [5.41, 5.74) is 2.45. The Morgan fingerprint density at radius 1 is 1.36 bits per heavy atom. The van der Waals surface area contributed by atoms with Gasteiger partial charge >= 0.3 is 0 Å². The molecule has 0 atom stereocenters. The van der Waals surface area contributed by atoms with Crippen LogP contribution in [0, 0.1) is 6.92 Å². The first-order valence-corrected chi connectivity index (χ1v) is 5.40. The molecule has 0 aromatic carbocycles. The molecular formula is C11H12N2S. The predicted molar refractivity (Wildman–Crippen MR) is 60.6 cm³/mol. The summed E-state index contributed by atoms with van der Waals surface area (Å²) in [4.78, 5) is 5.33. The third kappa shape index (κ3) is 2.33. The van der Waals surface area contributed by atoms with E-state index in [1.165, 1.54) is 10.4 Å². The average Bonchev–Trinajstić information content (AvgIpc) is 2.63. The second-order valence-electron chi connectivity index (χ2n) is 3.18. The van der Waals surface area contributed by atoms with Gasteiger partial charge in [0.1, 0.15) is 0 Å². The fourth-order valence-electron chi connectivity index (χ4n) is 1.24. The van der Waals surface area contributed by atoms with Gasteiger partial charge in [0.2, 0.25) is 0 Å². The molecule has 0 saturated heterocycles. The molecule has 2 aromatic rings. The summed E-state index contributed by atoms with van der Waals surface area (Å²) in [5.74, 6) is 0. The largest absolute Gasteiger partial charge is 0.380 e. The lowest BCUT2D eigenvalue weighted by Gasteiger charge is -2.02. The molecule has 0 aliphatic rings. The minimum atomic E-state index is 0.891. The number of hydrogen-bond donors (Lipinski definition) is 1. The van der Waals surface area contributed by atoms with Crippen LogP contribution in [0.4, 0.5) is 5.69 Å². The van der Waals surface area contributed by atoms with Crippen molar-refractivity contribution >= 4 is 17.0 Å². The molecule has 72 valence electrons. The summed E-state index contributed by atoms with van der Waals surface area (Å²) >= 11 is 1.79. The van der Waals surface area contributed by atoms with Crippen molar-refractivity contribution in [1.29, 1.82) is 0 Å². The smallest absolute Gasteiger partial charge is 0.0494 e. The van der Waals surface area contributed by atoms with Gasteiger partial charge in [-0.2, -0.15) is 0 Å². The van der Waals surface area contributed by atoms with Crippen LogP contribution in [0.3, 0.4) is 0 Å². The van der Waals surface area contributed by atoms with E-state index in [2.05, 4.69) is 28.7 Å². The van der Waals surface area contributed by atoms with Crippen molar-refractivity contribution in [2.24, 2.45) is 0 Å². The highest BCUT2D eigenvalue weighted by Crippen LogP contribution is 2.15. The third-order valence-corrected chi connectivity index (χ3v) is 2.99. The second-order valence-corrected chi connectivity index (χ2v) is 4.18. The molecule has 2 aromatic heterocycles. The first kappa shape index (κ1) is 9.21. The number of anilines is 1. The van der Waals surface area contributed by atoms with Gasteiger partial charge < -0.3 is 5.32 Å². The van der Waals surface area contributed by atoms with E-state index in [4.69, 9.17) is 0 Å². The molecule has 0 spiro atoms. The number of thiophene rings is 1. The average molecular weight is 204 g/mol. The van der Waals surface area contributed by atoms with Gasteiger partial charge in [-0.05, 0) is 36.1 Å². The van der Waals surface area contributed by atoms with E-state index in [1.54, 1.807) is 23.7 Å². The molecule has 2 nitrogen and oxygen atoms in total. The summed E-state index contributed by atoms with van der Waals surface area (Å²) in [6.45, 7) is 3.01. The lowest BCUT2D eigenvalue weighted by Crippen LogP contribution is -1.96. The maximum Gasteiger partial charge on any atom is 0.0494 e. The molecule has 2 rings (SSSR count). The van der Waals surface area contributed by atoms with Crippen LogP contribution in [-0.4, -0.2) is 4.98 Å². The molecule has 0 unspecified atom stereocenters. The number of aromatic nitrogens is 1. The first-order valence-electron chi connectivity index (χ1n) is 4.52. The second kappa shape index (κ2) is 4.24. The van der Waals surface area contributed by atoms with Crippen molar-refractivity contribution in [2.45, 2.75) is 13.5 Å². The number of nitrogens with one attached hydrogen (secondary N) is 1. The summed E-state index contributed by atoms with van der Waals surface area (Å²) in [5, 5.41) is 5.51. The molecule has 0 bridgehead atoms. The molecule has 1 N–H and O–H groups in total. The third-order valence-electron chi connectivity index (χ3n) is 1.93. The van der Waals surface area contributed by atoms with E-state index in [0.29, 0.717) is 0 Å². The van der Waals surface area contributed by atoms with Crippen LogP contribution in [0.1, 0.15) is 10.4 Å². The van der Waals surface area contributed by atoms with Gasteiger partial charge in [-0.3, -0.25) is 4.98 Å². The van der Waals surface area contributed by atoms with Crippen molar-refractivity contribution in [2.75, 3.05) is 5.32 Å². The number of rotatable bonds is 3. The SMILES string of the molecule is Cc1csc(CNc2ccncc2)c1. The van der Waals surface area contributed by atoms with E-state index in [9.17, 15) is 0 Å². The highest BCUT2D eigenvalue weighted by molar-refractivity contribution is 7.10. The van der Waals surface area contributed by atoms with Gasteiger partial charge in [0.15, 0.2) is 0 Å². The summed E-state index contributed by atoms with van der Waals surface area (Å²) < 4.78 is 0. The fraction of sp³-hybridized carbons (Fsp3) is 0.182. The van der Waals surface area contributed by atoms with Crippen molar-refractivity contribution in [3.63, 3.8) is 0 Å². The molecule has 14 heavy (non-hydrogen) atoms. The minimum absolute atomic E-state index is 0.891. The van der Waals surface area contributed by atoms with Crippen molar-refractivity contribution in [1.82, 2.24) is 4.98 Å². The highest BCUT2D eigenvalue weighted by atomic mass is 32.1. The standard InChI is InChI=1S/C11H12N2S/c1-9-6-11(14-8-9)7-13-10-2-4-12-5-3-10/h2-6,8H,7H2,1H3,(H,12,13). The Labute approximate surface area is 87.6 Å². The predicted octanol–water partition coefficient (Wildman–Crippen LogP) is 3.06.